The van der Waals surface area contributed by atoms with E-state index in [0.29, 0.717) is 0 Å². The molecule has 2 fully saturated rings. The first-order valence-corrected chi connectivity index (χ1v) is 5.71. The van der Waals surface area contributed by atoms with Crippen LogP contribution in [0.2, 0.25) is 0 Å². The molecule has 2 aliphatic carbocycles. The van der Waals surface area contributed by atoms with Gasteiger partial charge in [-0.2, -0.15) is 0 Å². The summed E-state index contributed by atoms with van der Waals surface area (Å²) < 4.78 is 0. The first-order valence-electron chi connectivity index (χ1n) is 5.71. The molecule has 0 saturated heterocycles. The number of hydrogen-bond donors (Lipinski definition) is 1. The van der Waals surface area contributed by atoms with Crippen molar-refractivity contribution in [2.24, 2.45) is 17.6 Å². The van der Waals surface area contributed by atoms with E-state index < -0.39 is 0 Å². The van der Waals surface area contributed by atoms with Gasteiger partial charge >= 0.3 is 0 Å². The van der Waals surface area contributed by atoms with Crippen molar-refractivity contribution in [3.63, 3.8) is 0 Å². The van der Waals surface area contributed by atoms with Crippen molar-refractivity contribution in [1.82, 2.24) is 4.90 Å². The van der Waals surface area contributed by atoms with Crippen LogP contribution in [0.3, 0.4) is 0 Å². The van der Waals surface area contributed by atoms with Gasteiger partial charge in [-0.3, -0.25) is 4.79 Å². The minimum absolute atomic E-state index is 0.142. The van der Waals surface area contributed by atoms with Crippen LogP contribution < -0.4 is 5.73 Å². The Hall–Kier alpha value is -0.570. The van der Waals surface area contributed by atoms with Crippen LogP contribution in [0, 0.1) is 11.8 Å². The molecule has 0 unspecified atom stereocenters. The fraction of sp³-hybridized carbons (Fsp3) is 0.909. The van der Waals surface area contributed by atoms with Crippen molar-refractivity contribution in [1.29, 1.82) is 0 Å². The molecule has 0 radical (unpaired) electrons. The summed E-state index contributed by atoms with van der Waals surface area (Å²) in [5.41, 5.74) is 5.64. The van der Waals surface area contributed by atoms with Crippen molar-refractivity contribution in [2.45, 2.75) is 38.6 Å². The molecule has 2 N–H and O–H groups in total. The van der Waals surface area contributed by atoms with Gasteiger partial charge in [0.15, 0.2) is 0 Å². The van der Waals surface area contributed by atoms with Gasteiger partial charge in [0.1, 0.15) is 0 Å². The van der Waals surface area contributed by atoms with Gasteiger partial charge in [0.25, 0.3) is 0 Å². The molecule has 2 aliphatic rings. The maximum atomic E-state index is 11.8. The first-order chi connectivity index (χ1) is 6.66. The van der Waals surface area contributed by atoms with Crippen molar-refractivity contribution in [3.8, 4) is 0 Å². The molecule has 0 aromatic carbocycles. The zero-order chi connectivity index (χ0) is 10.1. The highest BCUT2D eigenvalue weighted by atomic mass is 16.2. The average molecular weight is 196 g/mol. The molecular formula is C11H20N2O. The fourth-order valence-electron chi connectivity index (χ4n) is 1.77. The average Bonchev–Trinajstić information content (AvgIpc) is 2.94. The number of carbonyl (C=O) groups excluding carboxylic acids is 1. The van der Waals surface area contributed by atoms with E-state index in [-0.39, 0.29) is 11.9 Å². The fourth-order valence-corrected chi connectivity index (χ4v) is 1.77. The van der Waals surface area contributed by atoms with E-state index in [9.17, 15) is 4.79 Å². The van der Waals surface area contributed by atoms with Crippen LogP contribution in [-0.2, 0) is 4.79 Å². The summed E-state index contributed by atoms with van der Waals surface area (Å²) in [7, 11) is 0. The Bertz CT molecular complexity index is 205. The van der Waals surface area contributed by atoms with Crippen molar-refractivity contribution >= 4 is 5.91 Å². The van der Waals surface area contributed by atoms with E-state index in [1.165, 1.54) is 25.7 Å². The van der Waals surface area contributed by atoms with E-state index in [0.717, 1.165) is 24.9 Å². The van der Waals surface area contributed by atoms with Gasteiger partial charge in [0, 0.05) is 13.1 Å². The van der Waals surface area contributed by atoms with Gasteiger partial charge in [-0.25, -0.2) is 0 Å². The predicted octanol–water partition coefficient (Wildman–Crippen LogP) is 0.982. The lowest BCUT2D eigenvalue weighted by atomic mass is 10.2. The van der Waals surface area contributed by atoms with Crippen LogP contribution in [0.4, 0.5) is 0 Å². The van der Waals surface area contributed by atoms with Crippen LogP contribution in [0.15, 0.2) is 0 Å². The SMILES string of the molecule is C[C@@H](N)C(=O)N(CC1CC1)CC1CC1. The van der Waals surface area contributed by atoms with Gasteiger partial charge < -0.3 is 10.6 Å². The number of nitrogens with zero attached hydrogens (tertiary/aromatic N) is 1. The monoisotopic (exact) mass is 196 g/mol. The molecule has 0 heterocycles. The molecule has 3 nitrogen and oxygen atoms in total. The second-order valence-electron chi connectivity index (χ2n) is 4.92. The highest BCUT2D eigenvalue weighted by molar-refractivity contribution is 5.81. The Balaban J connectivity index is 1.85. The smallest absolute Gasteiger partial charge is 0.239 e. The Morgan fingerprint density at radius 3 is 2.00 bits per heavy atom. The highest BCUT2D eigenvalue weighted by Crippen LogP contribution is 2.33. The molecule has 80 valence electrons. The molecule has 2 rings (SSSR count). The van der Waals surface area contributed by atoms with Crippen LogP contribution >= 0.6 is 0 Å². The first kappa shape index (κ1) is 9.97. The van der Waals surface area contributed by atoms with E-state index in [1.54, 1.807) is 6.92 Å². The van der Waals surface area contributed by atoms with Crippen LogP contribution in [-0.4, -0.2) is 29.9 Å². The van der Waals surface area contributed by atoms with Crippen molar-refractivity contribution < 1.29 is 4.79 Å². The Labute approximate surface area is 85.6 Å². The van der Waals surface area contributed by atoms with Crippen LogP contribution in [0.25, 0.3) is 0 Å². The maximum Gasteiger partial charge on any atom is 0.239 e. The quantitative estimate of drug-likeness (QED) is 0.712. The van der Waals surface area contributed by atoms with E-state index in [2.05, 4.69) is 0 Å². The summed E-state index contributed by atoms with van der Waals surface area (Å²) >= 11 is 0. The summed E-state index contributed by atoms with van der Waals surface area (Å²) in [6, 6.07) is -0.326. The Morgan fingerprint density at radius 1 is 1.29 bits per heavy atom. The number of nitrogens with two attached hydrogens (primary N) is 1. The lowest BCUT2D eigenvalue weighted by Gasteiger charge is -2.24. The standard InChI is InChI=1S/C11H20N2O/c1-8(12)11(14)13(6-9-2-3-9)7-10-4-5-10/h8-10H,2-7,12H2,1H3/t8-/m1/s1. The molecule has 0 aromatic rings. The lowest BCUT2D eigenvalue weighted by molar-refractivity contribution is -0.132. The molecule has 1 atom stereocenters. The van der Waals surface area contributed by atoms with Gasteiger partial charge in [-0.1, -0.05) is 0 Å². The summed E-state index contributed by atoms with van der Waals surface area (Å²) in [6.45, 7) is 3.70. The molecule has 2 saturated carbocycles. The van der Waals surface area contributed by atoms with Gasteiger partial charge in [-0.15, -0.1) is 0 Å². The number of hydrogen-bond acceptors (Lipinski definition) is 2. The molecule has 0 spiro atoms. The minimum Gasteiger partial charge on any atom is -0.341 e. The second-order valence-corrected chi connectivity index (χ2v) is 4.92. The maximum absolute atomic E-state index is 11.8. The zero-order valence-corrected chi connectivity index (χ0v) is 8.91. The normalized spacial score (nSPS) is 23.3. The predicted molar refractivity (Wildman–Crippen MR) is 55.7 cm³/mol. The molecular weight excluding hydrogens is 176 g/mol. The molecule has 14 heavy (non-hydrogen) atoms. The van der Waals surface area contributed by atoms with Gasteiger partial charge in [0.2, 0.25) is 5.91 Å². The Morgan fingerprint density at radius 2 is 1.71 bits per heavy atom. The summed E-state index contributed by atoms with van der Waals surface area (Å²) in [5.74, 6) is 1.69. The van der Waals surface area contributed by atoms with Crippen LogP contribution in [0.1, 0.15) is 32.6 Å². The van der Waals surface area contributed by atoms with Gasteiger partial charge in [-0.05, 0) is 44.4 Å². The second kappa shape index (κ2) is 3.89. The summed E-state index contributed by atoms with van der Waals surface area (Å²) in [4.78, 5) is 13.8. The van der Waals surface area contributed by atoms with E-state index >= 15 is 0 Å². The number of carbonyl (C=O) groups is 1. The van der Waals surface area contributed by atoms with Gasteiger partial charge in [0.05, 0.1) is 6.04 Å². The number of amides is 1. The molecule has 0 bridgehead atoms. The molecule has 1 amide bonds. The van der Waals surface area contributed by atoms with E-state index in [1.807, 2.05) is 4.90 Å². The minimum atomic E-state index is -0.326. The highest BCUT2D eigenvalue weighted by Gasteiger charge is 2.32. The Kier molecular flexibility index (Phi) is 2.77. The van der Waals surface area contributed by atoms with Crippen LogP contribution in [0.5, 0.6) is 0 Å². The number of rotatable bonds is 5. The van der Waals surface area contributed by atoms with Crippen molar-refractivity contribution in [2.75, 3.05) is 13.1 Å². The zero-order valence-electron chi connectivity index (χ0n) is 8.91. The molecule has 0 aliphatic heterocycles. The van der Waals surface area contributed by atoms with Crippen molar-refractivity contribution in [3.05, 3.63) is 0 Å². The molecule has 0 aromatic heterocycles. The molecule has 3 heteroatoms. The summed E-state index contributed by atoms with van der Waals surface area (Å²) in [5, 5.41) is 0. The summed E-state index contributed by atoms with van der Waals surface area (Å²) in [6.07, 6.45) is 5.20. The lowest BCUT2D eigenvalue weighted by Crippen LogP contribution is -2.44. The third kappa shape index (κ3) is 2.71. The topological polar surface area (TPSA) is 46.3 Å². The van der Waals surface area contributed by atoms with E-state index in [4.69, 9.17) is 5.73 Å². The third-order valence-electron chi connectivity index (χ3n) is 3.05. The third-order valence-corrected chi connectivity index (χ3v) is 3.05. The largest absolute Gasteiger partial charge is 0.341 e.